The molecule has 7 nitrogen and oxygen atoms in total. The maximum atomic E-state index is 12.8. The lowest BCUT2D eigenvalue weighted by molar-refractivity contribution is -0.136. The number of amides is 4. The molecule has 0 aromatic heterocycles. The summed E-state index contributed by atoms with van der Waals surface area (Å²) in [5.74, 6) is 0.0851. The Morgan fingerprint density at radius 3 is 2.61 bits per heavy atom. The van der Waals surface area contributed by atoms with E-state index in [1.165, 1.54) is 4.90 Å². The molecule has 3 N–H and O–H groups in total. The molecule has 2 aliphatic heterocycles. The van der Waals surface area contributed by atoms with E-state index in [1.807, 2.05) is 4.90 Å². The Morgan fingerprint density at radius 1 is 1.26 bits per heavy atom. The van der Waals surface area contributed by atoms with Gasteiger partial charge in [-0.25, -0.2) is 9.69 Å². The molecule has 3 rings (SSSR count). The Kier molecular flexibility index (Phi) is 4.31. The van der Waals surface area contributed by atoms with E-state index < -0.39 is 5.54 Å². The van der Waals surface area contributed by atoms with Crippen LogP contribution in [0.3, 0.4) is 0 Å². The number of carbonyl (C=O) groups excluding carboxylic acids is 3. The highest BCUT2D eigenvalue weighted by Gasteiger charge is 2.52. The lowest BCUT2D eigenvalue weighted by Gasteiger charge is -2.36. The molecule has 0 aromatic carbocycles. The first-order valence-electron chi connectivity index (χ1n) is 8.60. The van der Waals surface area contributed by atoms with E-state index in [0.29, 0.717) is 31.7 Å². The second-order valence-corrected chi connectivity index (χ2v) is 7.30. The molecule has 1 atom stereocenters. The predicted molar refractivity (Wildman–Crippen MR) is 84.1 cm³/mol. The first kappa shape index (κ1) is 16.2. The molecule has 0 aromatic rings. The van der Waals surface area contributed by atoms with Crippen molar-refractivity contribution >= 4 is 17.8 Å². The quantitative estimate of drug-likeness (QED) is 0.751. The van der Waals surface area contributed by atoms with Crippen molar-refractivity contribution in [3.05, 3.63) is 0 Å². The van der Waals surface area contributed by atoms with Gasteiger partial charge in [0.15, 0.2) is 0 Å². The first-order chi connectivity index (χ1) is 10.9. The topological polar surface area (TPSA) is 95.7 Å². The van der Waals surface area contributed by atoms with E-state index in [0.717, 1.165) is 25.7 Å². The zero-order valence-electron chi connectivity index (χ0n) is 13.7. The second kappa shape index (κ2) is 6.11. The van der Waals surface area contributed by atoms with Gasteiger partial charge < -0.3 is 11.1 Å². The molecular weight excluding hydrogens is 296 g/mol. The zero-order valence-corrected chi connectivity index (χ0v) is 13.7. The fourth-order valence-electron chi connectivity index (χ4n) is 4.06. The number of rotatable bonds is 3. The molecular formula is C16H26N4O3. The summed E-state index contributed by atoms with van der Waals surface area (Å²) in [6.07, 6.45) is 5.91. The molecule has 1 spiro atoms. The lowest BCUT2D eigenvalue weighted by atomic mass is 9.77. The van der Waals surface area contributed by atoms with E-state index in [1.54, 1.807) is 0 Å². The summed E-state index contributed by atoms with van der Waals surface area (Å²) >= 11 is 0. The van der Waals surface area contributed by atoms with Crippen LogP contribution in [0, 0.1) is 5.92 Å². The summed E-state index contributed by atoms with van der Waals surface area (Å²) in [7, 11) is 0. The van der Waals surface area contributed by atoms with Crippen LogP contribution in [0.2, 0.25) is 0 Å². The van der Waals surface area contributed by atoms with Crippen molar-refractivity contribution in [2.24, 2.45) is 11.7 Å². The zero-order chi connectivity index (χ0) is 16.6. The van der Waals surface area contributed by atoms with Crippen LogP contribution in [0.4, 0.5) is 4.79 Å². The molecule has 1 saturated carbocycles. The maximum Gasteiger partial charge on any atom is 0.326 e. The molecule has 0 bridgehead atoms. The van der Waals surface area contributed by atoms with E-state index in [2.05, 4.69) is 12.2 Å². The van der Waals surface area contributed by atoms with Gasteiger partial charge >= 0.3 is 6.03 Å². The lowest BCUT2D eigenvalue weighted by Crippen LogP contribution is -2.54. The molecule has 1 aliphatic carbocycles. The first-order valence-corrected chi connectivity index (χ1v) is 8.60. The minimum Gasteiger partial charge on any atom is -0.368 e. The molecule has 23 heavy (non-hydrogen) atoms. The normalized spacial score (nSPS) is 35.6. The van der Waals surface area contributed by atoms with Crippen LogP contribution >= 0.6 is 0 Å². The number of nitrogens with two attached hydrogens (primary N) is 1. The summed E-state index contributed by atoms with van der Waals surface area (Å²) in [4.78, 5) is 39.9. The third kappa shape index (κ3) is 2.94. The van der Waals surface area contributed by atoms with Crippen molar-refractivity contribution in [1.29, 1.82) is 0 Å². The van der Waals surface area contributed by atoms with Crippen LogP contribution in [0.5, 0.6) is 0 Å². The fraction of sp³-hybridized carbons (Fsp3) is 0.812. The summed E-state index contributed by atoms with van der Waals surface area (Å²) < 4.78 is 0. The molecule has 128 valence electrons. The molecule has 2 saturated heterocycles. The smallest absolute Gasteiger partial charge is 0.326 e. The Labute approximate surface area is 136 Å². The number of primary amides is 1. The van der Waals surface area contributed by atoms with Crippen LogP contribution < -0.4 is 11.1 Å². The molecule has 4 amide bonds. The highest BCUT2D eigenvalue weighted by Crippen LogP contribution is 2.36. The number of likely N-dealkylation sites (tertiary alicyclic amines) is 1. The van der Waals surface area contributed by atoms with Crippen molar-refractivity contribution in [3.63, 3.8) is 0 Å². The standard InChI is InChI=1S/C16H26N4O3/c1-11-5-7-16(8-6-11)14(22)20(15(23)18-16)10-19-9-3-2-4-12(19)13(17)21/h11-12H,2-10H2,1H3,(H2,17,21)(H,18,23)/t11?,12-,16?/m0/s1. The minimum atomic E-state index is -0.721. The van der Waals surface area contributed by atoms with Crippen molar-refractivity contribution in [3.8, 4) is 0 Å². The molecule has 3 fully saturated rings. The summed E-state index contributed by atoms with van der Waals surface area (Å²) in [6, 6.07) is -0.717. The molecule has 3 aliphatic rings. The van der Waals surface area contributed by atoms with Gasteiger partial charge in [0.2, 0.25) is 5.91 Å². The van der Waals surface area contributed by atoms with Crippen molar-refractivity contribution in [2.75, 3.05) is 13.2 Å². The Morgan fingerprint density at radius 2 is 1.96 bits per heavy atom. The fourth-order valence-corrected chi connectivity index (χ4v) is 4.06. The van der Waals surface area contributed by atoms with Crippen molar-refractivity contribution in [2.45, 2.75) is 63.5 Å². The van der Waals surface area contributed by atoms with Crippen LogP contribution in [-0.4, -0.2) is 52.4 Å². The third-order valence-corrected chi connectivity index (χ3v) is 5.64. The van der Waals surface area contributed by atoms with Gasteiger partial charge in [0.1, 0.15) is 5.54 Å². The van der Waals surface area contributed by atoms with E-state index in [-0.39, 0.29) is 30.6 Å². The number of hydrogen-bond donors (Lipinski definition) is 2. The van der Waals surface area contributed by atoms with Gasteiger partial charge in [0.25, 0.3) is 5.91 Å². The van der Waals surface area contributed by atoms with E-state index in [9.17, 15) is 14.4 Å². The number of nitrogens with zero attached hydrogens (tertiary/aromatic N) is 2. The monoisotopic (exact) mass is 322 g/mol. The maximum absolute atomic E-state index is 12.8. The van der Waals surface area contributed by atoms with Gasteiger partial charge in [-0.2, -0.15) is 0 Å². The molecule has 2 heterocycles. The van der Waals surface area contributed by atoms with Gasteiger partial charge in [0.05, 0.1) is 12.7 Å². The summed E-state index contributed by atoms with van der Waals surface area (Å²) in [5.41, 5.74) is 4.75. The molecule has 0 radical (unpaired) electrons. The summed E-state index contributed by atoms with van der Waals surface area (Å²) in [6.45, 7) is 3.03. The molecule has 7 heteroatoms. The van der Waals surface area contributed by atoms with Crippen molar-refractivity contribution in [1.82, 2.24) is 15.1 Å². The number of urea groups is 1. The van der Waals surface area contributed by atoms with Crippen molar-refractivity contribution < 1.29 is 14.4 Å². The average molecular weight is 322 g/mol. The number of carbonyl (C=O) groups is 3. The largest absolute Gasteiger partial charge is 0.368 e. The summed E-state index contributed by atoms with van der Waals surface area (Å²) in [5, 5.41) is 2.92. The van der Waals surface area contributed by atoms with Gasteiger partial charge in [0, 0.05) is 6.54 Å². The Hall–Kier alpha value is -1.63. The van der Waals surface area contributed by atoms with Gasteiger partial charge in [-0.1, -0.05) is 13.3 Å². The number of piperidine rings is 1. The third-order valence-electron chi connectivity index (χ3n) is 5.64. The van der Waals surface area contributed by atoms with Crippen LogP contribution in [-0.2, 0) is 9.59 Å². The average Bonchev–Trinajstić information content (AvgIpc) is 2.75. The Bertz CT molecular complexity index is 513. The van der Waals surface area contributed by atoms with E-state index >= 15 is 0 Å². The minimum absolute atomic E-state index is 0.136. The SMILES string of the molecule is CC1CCC2(CC1)NC(=O)N(CN1CCCC[C@H]1C(N)=O)C2=O. The number of nitrogens with one attached hydrogen (secondary N) is 1. The predicted octanol–water partition coefficient (Wildman–Crippen LogP) is 0.784. The van der Waals surface area contributed by atoms with Crippen LogP contribution in [0.1, 0.15) is 51.9 Å². The van der Waals surface area contributed by atoms with Gasteiger partial charge in [-0.15, -0.1) is 0 Å². The van der Waals surface area contributed by atoms with Crippen LogP contribution in [0.25, 0.3) is 0 Å². The second-order valence-electron chi connectivity index (χ2n) is 7.30. The molecule has 0 unspecified atom stereocenters. The van der Waals surface area contributed by atoms with Gasteiger partial charge in [-0.3, -0.25) is 14.5 Å². The van der Waals surface area contributed by atoms with Gasteiger partial charge in [-0.05, 0) is 44.4 Å². The van der Waals surface area contributed by atoms with E-state index in [4.69, 9.17) is 5.73 Å². The highest BCUT2D eigenvalue weighted by molar-refractivity contribution is 6.07. The van der Waals surface area contributed by atoms with Crippen LogP contribution in [0.15, 0.2) is 0 Å². The number of imide groups is 1. The highest BCUT2D eigenvalue weighted by atomic mass is 16.2. The Balaban J connectivity index is 1.71. The number of hydrogen-bond acceptors (Lipinski definition) is 4.